The van der Waals surface area contributed by atoms with E-state index in [1.165, 1.54) is 18.3 Å². The SMILES string of the molecule is O=C(O)c1cccnc1C(=O)Nc1ccc2sccc2c1. The number of carbonyl (C=O) groups is 2. The number of carboxylic acid groups (broad SMARTS) is 1. The molecule has 0 saturated carbocycles. The van der Waals surface area contributed by atoms with Crippen LogP contribution in [-0.4, -0.2) is 22.0 Å². The minimum Gasteiger partial charge on any atom is -0.478 e. The normalized spacial score (nSPS) is 10.5. The molecule has 2 N–H and O–H groups in total. The van der Waals surface area contributed by atoms with Crippen molar-refractivity contribution >= 4 is 39.0 Å². The summed E-state index contributed by atoms with van der Waals surface area (Å²) in [4.78, 5) is 27.1. The Labute approximate surface area is 123 Å². The predicted molar refractivity (Wildman–Crippen MR) is 81.0 cm³/mol. The first-order chi connectivity index (χ1) is 10.1. The van der Waals surface area contributed by atoms with Crippen molar-refractivity contribution in [1.82, 2.24) is 4.98 Å². The smallest absolute Gasteiger partial charge is 0.338 e. The van der Waals surface area contributed by atoms with Crippen molar-refractivity contribution in [3.8, 4) is 0 Å². The van der Waals surface area contributed by atoms with Crippen molar-refractivity contribution in [3.05, 3.63) is 59.2 Å². The Hall–Kier alpha value is -2.73. The number of hydrogen-bond acceptors (Lipinski definition) is 4. The maximum Gasteiger partial charge on any atom is 0.338 e. The number of anilines is 1. The summed E-state index contributed by atoms with van der Waals surface area (Å²) in [5, 5.41) is 14.7. The second-order valence-corrected chi connectivity index (χ2v) is 5.28. The van der Waals surface area contributed by atoms with Crippen LogP contribution in [0, 0.1) is 0 Å². The summed E-state index contributed by atoms with van der Waals surface area (Å²) in [5.74, 6) is -1.72. The van der Waals surface area contributed by atoms with E-state index in [4.69, 9.17) is 5.11 Å². The summed E-state index contributed by atoms with van der Waals surface area (Å²) in [6.07, 6.45) is 1.39. The second-order valence-electron chi connectivity index (χ2n) is 4.33. The van der Waals surface area contributed by atoms with Gasteiger partial charge in [0, 0.05) is 16.6 Å². The van der Waals surface area contributed by atoms with E-state index < -0.39 is 11.9 Å². The molecule has 1 amide bonds. The average Bonchev–Trinajstić information content (AvgIpc) is 2.94. The van der Waals surface area contributed by atoms with Gasteiger partial charge in [-0.15, -0.1) is 11.3 Å². The number of aromatic nitrogens is 1. The number of amides is 1. The van der Waals surface area contributed by atoms with Gasteiger partial charge in [-0.05, 0) is 47.2 Å². The lowest BCUT2D eigenvalue weighted by molar-refractivity contribution is 0.0691. The Bertz CT molecular complexity index is 842. The third kappa shape index (κ3) is 2.61. The van der Waals surface area contributed by atoms with Crippen molar-refractivity contribution in [2.75, 3.05) is 5.32 Å². The molecule has 0 atom stereocenters. The maximum atomic E-state index is 12.2. The number of aromatic carboxylic acids is 1. The van der Waals surface area contributed by atoms with Crippen LogP contribution in [0.25, 0.3) is 10.1 Å². The zero-order valence-corrected chi connectivity index (χ0v) is 11.6. The van der Waals surface area contributed by atoms with Crippen LogP contribution >= 0.6 is 11.3 Å². The van der Waals surface area contributed by atoms with E-state index >= 15 is 0 Å². The number of hydrogen-bond donors (Lipinski definition) is 2. The lowest BCUT2D eigenvalue weighted by Crippen LogP contribution is -2.18. The van der Waals surface area contributed by atoms with E-state index in [9.17, 15) is 9.59 Å². The van der Waals surface area contributed by atoms with Gasteiger partial charge in [-0.1, -0.05) is 0 Å². The summed E-state index contributed by atoms with van der Waals surface area (Å²) >= 11 is 1.61. The van der Waals surface area contributed by atoms with Gasteiger partial charge in [0.1, 0.15) is 5.69 Å². The first-order valence-corrected chi connectivity index (χ1v) is 7.00. The van der Waals surface area contributed by atoms with Gasteiger partial charge >= 0.3 is 5.97 Å². The monoisotopic (exact) mass is 298 g/mol. The molecular formula is C15H10N2O3S. The third-order valence-electron chi connectivity index (χ3n) is 2.96. The van der Waals surface area contributed by atoms with Crippen molar-refractivity contribution in [1.29, 1.82) is 0 Å². The van der Waals surface area contributed by atoms with Gasteiger partial charge < -0.3 is 10.4 Å². The van der Waals surface area contributed by atoms with Gasteiger partial charge in [-0.2, -0.15) is 0 Å². The molecule has 5 nitrogen and oxygen atoms in total. The first-order valence-electron chi connectivity index (χ1n) is 6.12. The lowest BCUT2D eigenvalue weighted by atomic mass is 10.1. The van der Waals surface area contributed by atoms with Crippen LogP contribution in [0.5, 0.6) is 0 Å². The Kier molecular flexibility index (Phi) is 3.37. The van der Waals surface area contributed by atoms with Crippen molar-refractivity contribution in [3.63, 3.8) is 0 Å². The Morgan fingerprint density at radius 3 is 2.86 bits per heavy atom. The predicted octanol–water partition coefficient (Wildman–Crippen LogP) is 3.25. The molecule has 0 aliphatic carbocycles. The van der Waals surface area contributed by atoms with Crippen LogP contribution in [-0.2, 0) is 0 Å². The third-order valence-corrected chi connectivity index (χ3v) is 3.86. The van der Waals surface area contributed by atoms with Gasteiger partial charge in [-0.25, -0.2) is 4.79 Å². The highest BCUT2D eigenvalue weighted by atomic mass is 32.1. The second kappa shape index (κ2) is 5.34. The highest BCUT2D eigenvalue weighted by Crippen LogP contribution is 2.24. The number of thiophene rings is 1. The Morgan fingerprint density at radius 2 is 2.05 bits per heavy atom. The fraction of sp³-hybridized carbons (Fsp3) is 0. The van der Waals surface area contributed by atoms with E-state index in [1.807, 2.05) is 23.6 Å². The summed E-state index contributed by atoms with van der Waals surface area (Å²) in [7, 11) is 0. The highest BCUT2D eigenvalue weighted by molar-refractivity contribution is 7.17. The molecule has 0 unspecified atom stereocenters. The number of carboxylic acids is 1. The summed E-state index contributed by atoms with van der Waals surface area (Å²) in [6.45, 7) is 0. The van der Waals surface area contributed by atoms with Crippen LogP contribution in [0.15, 0.2) is 48.0 Å². The maximum absolute atomic E-state index is 12.2. The van der Waals surface area contributed by atoms with Gasteiger partial charge in [0.15, 0.2) is 0 Å². The van der Waals surface area contributed by atoms with Gasteiger partial charge in [0.05, 0.1) is 5.56 Å². The molecule has 1 aromatic carbocycles. The summed E-state index contributed by atoms with van der Waals surface area (Å²) in [5.41, 5.74) is 0.384. The standard InChI is InChI=1S/C15H10N2O3S/c18-14(13-11(15(19)20)2-1-6-16-13)17-10-3-4-12-9(8-10)5-7-21-12/h1-8H,(H,17,18)(H,19,20). The minimum absolute atomic E-state index is 0.101. The van der Waals surface area contributed by atoms with Gasteiger partial charge in [-0.3, -0.25) is 9.78 Å². The summed E-state index contributed by atoms with van der Waals surface area (Å²) in [6, 6.07) is 10.3. The number of fused-ring (bicyclic) bond motifs is 1. The number of nitrogens with one attached hydrogen (secondary N) is 1. The minimum atomic E-state index is -1.18. The zero-order valence-electron chi connectivity index (χ0n) is 10.7. The molecule has 3 aromatic rings. The number of pyridine rings is 1. The number of benzene rings is 1. The molecular weight excluding hydrogens is 288 g/mol. The van der Waals surface area contributed by atoms with E-state index in [-0.39, 0.29) is 11.3 Å². The van der Waals surface area contributed by atoms with Crippen molar-refractivity contribution in [2.24, 2.45) is 0 Å². The molecule has 0 aliphatic rings. The zero-order chi connectivity index (χ0) is 14.8. The number of nitrogens with zero attached hydrogens (tertiary/aromatic N) is 1. The van der Waals surface area contributed by atoms with E-state index in [1.54, 1.807) is 17.4 Å². The molecule has 0 saturated heterocycles. The molecule has 104 valence electrons. The van der Waals surface area contributed by atoms with E-state index in [0.717, 1.165) is 10.1 Å². The Balaban J connectivity index is 1.91. The Morgan fingerprint density at radius 1 is 1.19 bits per heavy atom. The van der Waals surface area contributed by atoms with Crippen LogP contribution in [0.1, 0.15) is 20.8 Å². The molecule has 21 heavy (non-hydrogen) atoms. The van der Waals surface area contributed by atoms with Crippen LogP contribution in [0.2, 0.25) is 0 Å². The number of carbonyl (C=O) groups excluding carboxylic acids is 1. The molecule has 0 fully saturated rings. The molecule has 0 spiro atoms. The van der Waals surface area contributed by atoms with Crippen LogP contribution in [0.3, 0.4) is 0 Å². The molecule has 3 rings (SSSR count). The quantitative estimate of drug-likeness (QED) is 0.778. The molecule has 2 aromatic heterocycles. The lowest BCUT2D eigenvalue weighted by Gasteiger charge is -2.07. The highest BCUT2D eigenvalue weighted by Gasteiger charge is 2.17. The van der Waals surface area contributed by atoms with Gasteiger partial charge in [0.25, 0.3) is 5.91 Å². The first kappa shape index (κ1) is 13.3. The summed E-state index contributed by atoms with van der Waals surface area (Å²) < 4.78 is 1.12. The van der Waals surface area contributed by atoms with Crippen molar-refractivity contribution < 1.29 is 14.7 Å². The average molecular weight is 298 g/mol. The van der Waals surface area contributed by atoms with Crippen LogP contribution in [0.4, 0.5) is 5.69 Å². The fourth-order valence-electron chi connectivity index (χ4n) is 1.99. The molecule has 6 heteroatoms. The van der Waals surface area contributed by atoms with E-state index in [0.29, 0.717) is 5.69 Å². The van der Waals surface area contributed by atoms with E-state index in [2.05, 4.69) is 10.3 Å². The fourth-order valence-corrected chi connectivity index (χ4v) is 2.76. The number of rotatable bonds is 3. The molecule has 0 aliphatic heterocycles. The largest absolute Gasteiger partial charge is 0.478 e. The topological polar surface area (TPSA) is 79.3 Å². The molecule has 0 bridgehead atoms. The molecule has 0 radical (unpaired) electrons. The van der Waals surface area contributed by atoms with Gasteiger partial charge in [0.2, 0.25) is 0 Å². The van der Waals surface area contributed by atoms with Crippen LogP contribution < -0.4 is 5.32 Å². The van der Waals surface area contributed by atoms with Crippen molar-refractivity contribution in [2.45, 2.75) is 0 Å². The molecule has 2 heterocycles.